The summed E-state index contributed by atoms with van der Waals surface area (Å²) in [7, 11) is 0. The van der Waals surface area contributed by atoms with Crippen LogP contribution in [0, 0.1) is 5.82 Å². The number of tetrazole rings is 1. The molecule has 0 unspecified atom stereocenters. The van der Waals surface area contributed by atoms with Gasteiger partial charge in [0.1, 0.15) is 11.9 Å². The van der Waals surface area contributed by atoms with Gasteiger partial charge in [0, 0.05) is 42.5 Å². The fraction of sp³-hybridized carbons (Fsp3) is 0.381. The number of rotatable bonds is 5. The van der Waals surface area contributed by atoms with Crippen LogP contribution in [0.25, 0.3) is 0 Å². The number of anilines is 1. The van der Waals surface area contributed by atoms with Gasteiger partial charge in [-0.1, -0.05) is 35.9 Å². The maximum atomic E-state index is 14.8. The van der Waals surface area contributed by atoms with Crippen molar-refractivity contribution in [3.8, 4) is 0 Å². The molecular weight excluding hydrogens is 391 g/mol. The molecule has 2 heterocycles. The Kier molecular flexibility index (Phi) is 5.78. The van der Waals surface area contributed by atoms with Gasteiger partial charge in [-0.2, -0.15) is 0 Å². The van der Waals surface area contributed by atoms with Crippen LogP contribution in [0.4, 0.5) is 10.1 Å². The van der Waals surface area contributed by atoms with Crippen LogP contribution in [0.1, 0.15) is 37.3 Å². The normalized spacial score (nSPS) is 16.4. The SMILES string of the molecule is CC(C)n1nnnc1[C@@H](c1ccccc1F)N1CCN(c2cccc(Cl)c2)CC1. The number of hydrogen-bond acceptors (Lipinski definition) is 5. The van der Waals surface area contributed by atoms with E-state index in [1.807, 2.05) is 44.2 Å². The molecule has 2 aromatic carbocycles. The molecule has 0 saturated carbocycles. The second-order valence-electron chi connectivity index (χ2n) is 7.50. The molecule has 6 nitrogen and oxygen atoms in total. The van der Waals surface area contributed by atoms with Gasteiger partial charge in [-0.15, -0.1) is 5.10 Å². The average Bonchev–Trinajstić information content (AvgIpc) is 3.20. The first-order valence-electron chi connectivity index (χ1n) is 9.81. The second-order valence-corrected chi connectivity index (χ2v) is 7.94. The lowest BCUT2D eigenvalue weighted by Crippen LogP contribution is -2.48. The van der Waals surface area contributed by atoms with Gasteiger partial charge in [0.25, 0.3) is 0 Å². The lowest BCUT2D eigenvalue weighted by atomic mass is 10.0. The van der Waals surface area contributed by atoms with Gasteiger partial charge >= 0.3 is 0 Å². The predicted molar refractivity (Wildman–Crippen MR) is 112 cm³/mol. The number of benzene rings is 2. The minimum absolute atomic E-state index is 0.0852. The van der Waals surface area contributed by atoms with E-state index in [0.29, 0.717) is 11.4 Å². The quantitative estimate of drug-likeness (QED) is 0.632. The summed E-state index contributed by atoms with van der Waals surface area (Å²) in [6, 6.07) is 14.5. The van der Waals surface area contributed by atoms with Crippen LogP contribution in [0.3, 0.4) is 0 Å². The largest absolute Gasteiger partial charge is 0.369 e. The van der Waals surface area contributed by atoms with Gasteiger partial charge in [0.2, 0.25) is 0 Å². The van der Waals surface area contributed by atoms with Crippen LogP contribution in [-0.4, -0.2) is 51.3 Å². The standard InChI is InChI=1S/C21H24ClFN6/c1-15(2)29-21(24-25-26-29)20(18-8-3-4-9-19(18)23)28-12-10-27(11-13-28)17-7-5-6-16(22)14-17/h3-9,14-15,20H,10-13H2,1-2H3/t20-/m1/s1. The van der Waals surface area contributed by atoms with Crippen molar-refractivity contribution in [1.82, 2.24) is 25.1 Å². The van der Waals surface area contributed by atoms with Crippen LogP contribution < -0.4 is 4.90 Å². The fourth-order valence-electron chi connectivity index (χ4n) is 3.86. The fourth-order valence-corrected chi connectivity index (χ4v) is 4.04. The molecule has 0 aliphatic carbocycles. The molecule has 152 valence electrons. The predicted octanol–water partition coefficient (Wildman–Crippen LogP) is 3.96. The van der Waals surface area contributed by atoms with Gasteiger partial charge in [0.05, 0.1) is 6.04 Å². The van der Waals surface area contributed by atoms with Crippen LogP contribution >= 0.6 is 11.6 Å². The molecular formula is C21H24ClFN6. The Balaban J connectivity index is 1.63. The Hall–Kier alpha value is -2.51. The van der Waals surface area contributed by atoms with Crippen molar-refractivity contribution in [3.63, 3.8) is 0 Å². The van der Waals surface area contributed by atoms with Crippen molar-refractivity contribution in [3.05, 3.63) is 70.8 Å². The molecule has 1 fully saturated rings. The molecule has 1 atom stereocenters. The number of nitrogens with zero attached hydrogens (tertiary/aromatic N) is 6. The minimum Gasteiger partial charge on any atom is -0.369 e. The highest BCUT2D eigenvalue weighted by molar-refractivity contribution is 6.30. The average molecular weight is 415 g/mol. The van der Waals surface area contributed by atoms with Gasteiger partial charge < -0.3 is 4.90 Å². The lowest BCUT2D eigenvalue weighted by Gasteiger charge is -2.40. The Morgan fingerprint density at radius 2 is 1.76 bits per heavy atom. The Morgan fingerprint density at radius 3 is 2.45 bits per heavy atom. The first kappa shape index (κ1) is 19.8. The monoisotopic (exact) mass is 414 g/mol. The highest BCUT2D eigenvalue weighted by Gasteiger charge is 2.32. The van der Waals surface area contributed by atoms with Gasteiger partial charge in [-0.05, 0) is 48.5 Å². The molecule has 1 aromatic heterocycles. The molecule has 1 aliphatic heterocycles. The summed E-state index contributed by atoms with van der Waals surface area (Å²) in [6.07, 6.45) is 0. The molecule has 0 spiro atoms. The summed E-state index contributed by atoms with van der Waals surface area (Å²) >= 11 is 6.15. The van der Waals surface area contributed by atoms with E-state index in [-0.39, 0.29) is 17.9 Å². The third-order valence-corrected chi connectivity index (χ3v) is 5.54. The number of aromatic nitrogens is 4. The molecule has 0 radical (unpaired) electrons. The van der Waals surface area contributed by atoms with Gasteiger partial charge in [-0.25, -0.2) is 9.07 Å². The molecule has 3 aromatic rings. The highest BCUT2D eigenvalue weighted by Crippen LogP contribution is 2.31. The van der Waals surface area contributed by atoms with Gasteiger partial charge in [0.15, 0.2) is 5.82 Å². The number of hydrogen-bond donors (Lipinski definition) is 0. The van der Waals surface area contributed by atoms with Gasteiger partial charge in [-0.3, -0.25) is 4.90 Å². The Labute approximate surface area is 174 Å². The lowest BCUT2D eigenvalue weighted by molar-refractivity contribution is 0.195. The zero-order valence-electron chi connectivity index (χ0n) is 16.5. The van der Waals surface area contributed by atoms with Crippen LogP contribution in [-0.2, 0) is 0 Å². The third kappa shape index (κ3) is 4.11. The van der Waals surface area contributed by atoms with Crippen molar-refractivity contribution in [2.45, 2.75) is 25.9 Å². The molecule has 29 heavy (non-hydrogen) atoms. The number of halogens is 2. The summed E-state index contributed by atoms with van der Waals surface area (Å²) < 4.78 is 16.6. The van der Waals surface area contributed by atoms with Crippen molar-refractivity contribution >= 4 is 17.3 Å². The molecule has 0 bridgehead atoms. The van der Waals surface area contributed by atoms with E-state index in [4.69, 9.17) is 11.6 Å². The summed E-state index contributed by atoms with van der Waals surface area (Å²) in [4.78, 5) is 4.55. The Morgan fingerprint density at radius 1 is 1.00 bits per heavy atom. The van der Waals surface area contributed by atoms with Crippen LogP contribution in [0.2, 0.25) is 5.02 Å². The summed E-state index contributed by atoms with van der Waals surface area (Å²) in [6.45, 7) is 7.20. The summed E-state index contributed by atoms with van der Waals surface area (Å²) in [5, 5.41) is 13.0. The molecule has 0 N–H and O–H groups in total. The van der Waals surface area contributed by atoms with Crippen LogP contribution in [0.5, 0.6) is 0 Å². The topological polar surface area (TPSA) is 50.1 Å². The minimum atomic E-state index is -0.338. The second kappa shape index (κ2) is 8.47. The van der Waals surface area contributed by atoms with Crippen molar-refractivity contribution < 1.29 is 4.39 Å². The molecule has 4 rings (SSSR count). The highest BCUT2D eigenvalue weighted by atomic mass is 35.5. The summed E-state index contributed by atoms with van der Waals surface area (Å²) in [5.74, 6) is 0.425. The summed E-state index contributed by atoms with van der Waals surface area (Å²) in [5.41, 5.74) is 1.70. The smallest absolute Gasteiger partial charge is 0.173 e. The zero-order chi connectivity index (χ0) is 20.4. The molecule has 0 amide bonds. The van der Waals surface area contributed by atoms with E-state index < -0.39 is 0 Å². The van der Waals surface area contributed by atoms with Crippen LogP contribution in [0.15, 0.2) is 48.5 Å². The molecule has 8 heteroatoms. The van der Waals surface area contributed by atoms with Crippen molar-refractivity contribution in [1.29, 1.82) is 0 Å². The van der Waals surface area contributed by atoms with E-state index >= 15 is 0 Å². The third-order valence-electron chi connectivity index (χ3n) is 5.30. The van der Waals surface area contributed by atoms with Crippen molar-refractivity contribution in [2.75, 3.05) is 31.1 Å². The van der Waals surface area contributed by atoms with E-state index in [2.05, 4.69) is 31.4 Å². The van der Waals surface area contributed by atoms with E-state index in [1.165, 1.54) is 6.07 Å². The van der Waals surface area contributed by atoms with E-state index in [9.17, 15) is 4.39 Å². The Bertz CT molecular complexity index is 967. The maximum absolute atomic E-state index is 14.8. The first-order chi connectivity index (χ1) is 14.0. The molecule has 1 aliphatic rings. The number of piperazine rings is 1. The maximum Gasteiger partial charge on any atom is 0.173 e. The van der Waals surface area contributed by atoms with Crippen molar-refractivity contribution in [2.24, 2.45) is 0 Å². The van der Waals surface area contributed by atoms with E-state index in [1.54, 1.807) is 10.7 Å². The molecule has 1 saturated heterocycles. The van der Waals surface area contributed by atoms with E-state index in [0.717, 1.165) is 36.9 Å². The first-order valence-corrected chi connectivity index (χ1v) is 10.2. The zero-order valence-corrected chi connectivity index (χ0v) is 17.3.